The lowest BCUT2D eigenvalue weighted by Gasteiger charge is -2.30. The van der Waals surface area contributed by atoms with Gasteiger partial charge in [-0.2, -0.15) is 0 Å². The Labute approximate surface area is 88.4 Å². The quantitative estimate of drug-likeness (QED) is 0.713. The van der Waals surface area contributed by atoms with Crippen molar-refractivity contribution in [3.63, 3.8) is 0 Å². The molecule has 0 fully saturated rings. The SMILES string of the molecule is COC(C)(C)C(=O)N(CCN)CC(F)F. The van der Waals surface area contributed by atoms with Gasteiger partial charge in [0.2, 0.25) is 0 Å². The third-order valence-corrected chi connectivity index (χ3v) is 2.07. The van der Waals surface area contributed by atoms with Gasteiger partial charge in [-0.15, -0.1) is 0 Å². The first-order valence-corrected chi connectivity index (χ1v) is 4.68. The highest BCUT2D eigenvalue weighted by Gasteiger charge is 2.32. The Morgan fingerprint density at radius 1 is 1.53 bits per heavy atom. The van der Waals surface area contributed by atoms with Crippen molar-refractivity contribution in [1.29, 1.82) is 0 Å². The summed E-state index contributed by atoms with van der Waals surface area (Å²) in [4.78, 5) is 12.8. The van der Waals surface area contributed by atoms with Crippen LogP contribution < -0.4 is 5.73 Å². The van der Waals surface area contributed by atoms with Crippen LogP contribution in [0.1, 0.15) is 13.8 Å². The van der Waals surface area contributed by atoms with Crippen LogP contribution in [0, 0.1) is 0 Å². The molecule has 0 aromatic carbocycles. The van der Waals surface area contributed by atoms with E-state index in [1.54, 1.807) is 0 Å². The highest BCUT2D eigenvalue weighted by atomic mass is 19.3. The van der Waals surface area contributed by atoms with Crippen LogP contribution in [0.2, 0.25) is 0 Å². The molecule has 0 aliphatic heterocycles. The zero-order valence-electron chi connectivity index (χ0n) is 9.30. The van der Waals surface area contributed by atoms with Gasteiger partial charge in [-0.3, -0.25) is 4.79 Å². The minimum atomic E-state index is -2.56. The molecule has 0 saturated carbocycles. The summed E-state index contributed by atoms with van der Waals surface area (Å²) in [5.74, 6) is -0.476. The maximum absolute atomic E-state index is 12.2. The monoisotopic (exact) mass is 224 g/mol. The fraction of sp³-hybridized carbons (Fsp3) is 0.889. The van der Waals surface area contributed by atoms with Gasteiger partial charge in [-0.25, -0.2) is 8.78 Å². The fourth-order valence-corrected chi connectivity index (χ4v) is 1.07. The van der Waals surface area contributed by atoms with E-state index < -0.39 is 24.5 Å². The first kappa shape index (κ1) is 14.2. The number of carbonyl (C=O) groups is 1. The number of nitrogens with zero attached hydrogens (tertiary/aromatic N) is 1. The molecule has 0 bridgehead atoms. The van der Waals surface area contributed by atoms with E-state index in [4.69, 9.17) is 10.5 Å². The van der Waals surface area contributed by atoms with Gasteiger partial charge in [-0.05, 0) is 13.8 Å². The van der Waals surface area contributed by atoms with Crippen molar-refractivity contribution in [1.82, 2.24) is 4.90 Å². The number of nitrogens with two attached hydrogens (primary N) is 1. The van der Waals surface area contributed by atoms with E-state index in [0.29, 0.717) is 0 Å². The molecule has 0 heterocycles. The number of ether oxygens (including phenoxy) is 1. The van der Waals surface area contributed by atoms with Crippen LogP contribution in [-0.2, 0) is 9.53 Å². The van der Waals surface area contributed by atoms with Crippen molar-refractivity contribution in [2.45, 2.75) is 25.9 Å². The summed E-state index contributed by atoms with van der Waals surface area (Å²) in [6.07, 6.45) is -2.56. The highest BCUT2D eigenvalue weighted by Crippen LogP contribution is 2.13. The molecule has 15 heavy (non-hydrogen) atoms. The topological polar surface area (TPSA) is 55.6 Å². The van der Waals surface area contributed by atoms with E-state index in [-0.39, 0.29) is 13.1 Å². The van der Waals surface area contributed by atoms with Crippen LogP contribution >= 0.6 is 0 Å². The maximum atomic E-state index is 12.2. The zero-order chi connectivity index (χ0) is 12.1. The predicted molar refractivity (Wildman–Crippen MR) is 52.7 cm³/mol. The van der Waals surface area contributed by atoms with E-state index in [0.717, 1.165) is 4.90 Å². The second-order valence-electron chi connectivity index (χ2n) is 3.65. The molecule has 0 radical (unpaired) electrons. The number of methoxy groups -OCH3 is 1. The number of rotatable bonds is 6. The molecule has 0 aromatic heterocycles. The molecule has 2 N–H and O–H groups in total. The summed E-state index contributed by atoms with van der Waals surface area (Å²) in [6.45, 7) is 2.71. The molecular formula is C9H18F2N2O2. The van der Waals surface area contributed by atoms with Crippen LogP contribution in [0.5, 0.6) is 0 Å². The van der Waals surface area contributed by atoms with Crippen LogP contribution in [0.3, 0.4) is 0 Å². The molecule has 4 nitrogen and oxygen atoms in total. The molecule has 6 heteroatoms. The van der Waals surface area contributed by atoms with Crippen molar-refractivity contribution in [3.05, 3.63) is 0 Å². The highest BCUT2D eigenvalue weighted by molar-refractivity contribution is 5.84. The molecular weight excluding hydrogens is 206 g/mol. The molecule has 0 atom stereocenters. The number of alkyl halides is 2. The summed E-state index contributed by atoms with van der Waals surface area (Å²) >= 11 is 0. The average molecular weight is 224 g/mol. The van der Waals surface area contributed by atoms with E-state index in [1.165, 1.54) is 21.0 Å². The van der Waals surface area contributed by atoms with Gasteiger partial charge in [0.25, 0.3) is 12.3 Å². The second kappa shape index (κ2) is 5.97. The van der Waals surface area contributed by atoms with Crippen molar-refractivity contribution in [3.8, 4) is 0 Å². The normalized spacial score (nSPS) is 11.9. The first-order chi connectivity index (χ1) is 6.85. The Morgan fingerprint density at radius 3 is 2.40 bits per heavy atom. The Bertz CT molecular complexity index is 210. The zero-order valence-corrected chi connectivity index (χ0v) is 9.30. The molecule has 90 valence electrons. The van der Waals surface area contributed by atoms with Gasteiger partial charge in [0.15, 0.2) is 0 Å². The number of hydrogen-bond acceptors (Lipinski definition) is 3. The van der Waals surface area contributed by atoms with Gasteiger partial charge in [-0.1, -0.05) is 0 Å². The van der Waals surface area contributed by atoms with Crippen LogP contribution in [-0.4, -0.2) is 49.6 Å². The van der Waals surface area contributed by atoms with Crippen molar-refractivity contribution >= 4 is 5.91 Å². The van der Waals surface area contributed by atoms with E-state index in [2.05, 4.69) is 0 Å². The Morgan fingerprint density at radius 2 is 2.07 bits per heavy atom. The molecule has 0 spiro atoms. The van der Waals surface area contributed by atoms with Crippen molar-refractivity contribution in [2.24, 2.45) is 5.73 Å². The molecule has 0 saturated heterocycles. The minimum absolute atomic E-state index is 0.107. The third-order valence-electron chi connectivity index (χ3n) is 2.07. The summed E-state index contributed by atoms with van der Waals surface area (Å²) in [7, 11) is 1.36. The lowest BCUT2D eigenvalue weighted by molar-refractivity contribution is -0.152. The van der Waals surface area contributed by atoms with Gasteiger partial charge >= 0.3 is 0 Å². The Kier molecular flexibility index (Phi) is 5.67. The Balaban J connectivity index is 4.54. The second-order valence-corrected chi connectivity index (χ2v) is 3.65. The summed E-state index contributed by atoms with van der Waals surface area (Å²) < 4.78 is 29.3. The standard InChI is InChI=1S/C9H18F2N2O2/c1-9(2,15-3)8(14)13(5-4-12)6-7(10)11/h7H,4-6,12H2,1-3H3. The fourth-order valence-electron chi connectivity index (χ4n) is 1.07. The molecule has 0 aromatic rings. The van der Waals surface area contributed by atoms with Crippen LogP contribution in [0.4, 0.5) is 8.78 Å². The number of halogens is 2. The van der Waals surface area contributed by atoms with Gasteiger partial charge in [0.1, 0.15) is 5.60 Å². The number of hydrogen-bond donors (Lipinski definition) is 1. The largest absolute Gasteiger partial charge is 0.369 e. The van der Waals surface area contributed by atoms with E-state index in [1.807, 2.05) is 0 Å². The number of amides is 1. The predicted octanol–water partition coefficient (Wildman–Crippen LogP) is 0.464. The summed E-state index contributed by atoms with van der Waals surface area (Å²) in [5.41, 5.74) is 4.15. The van der Waals surface area contributed by atoms with Gasteiger partial charge < -0.3 is 15.4 Å². The summed E-state index contributed by atoms with van der Waals surface area (Å²) in [6, 6.07) is 0. The maximum Gasteiger partial charge on any atom is 0.255 e. The lowest BCUT2D eigenvalue weighted by atomic mass is 10.1. The molecule has 1 amide bonds. The Hall–Kier alpha value is -0.750. The molecule has 0 unspecified atom stereocenters. The molecule has 0 aliphatic rings. The first-order valence-electron chi connectivity index (χ1n) is 4.68. The summed E-state index contributed by atoms with van der Waals surface area (Å²) in [5, 5.41) is 0. The van der Waals surface area contributed by atoms with Crippen LogP contribution in [0.25, 0.3) is 0 Å². The average Bonchev–Trinajstić information content (AvgIpc) is 2.15. The molecule has 0 aliphatic carbocycles. The smallest absolute Gasteiger partial charge is 0.255 e. The van der Waals surface area contributed by atoms with Crippen LogP contribution in [0.15, 0.2) is 0 Å². The third kappa shape index (κ3) is 4.53. The number of carbonyl (C=O) groups excluding carboxylic acids is 1. The van der Waals surface area contributed by atoms with Gasteiger partial charge in [0.05, 0.1) is 6.54 Å². The minimum Gasteiger partial charge on any atom is -0.369 e. The van der Waals surface area contributed by atoms with Gasteiger partial charge in [0, 0.05) is 20.2 Å². The lowest BCUT2D eigenvalue weighted by Crippen LogP contribution is -2.49. The van der Waals surface area contributed by atoms with E-state index in [9.17, 15) is 13.6 Å². The van der Waals surface area contributed by atoms with E-state index >= 15 is 0 Å². The molecule has 0 rings (SSSR count). The van der Waals surface area contributed by atoms with Crippen molar-refractivity contribution in [2.75, 3.05) is 26.7 Å². The van der Waals surface area contributed by atoms with Crippen molar-refractivity contribution < 1.29 is 18.3 Å².